The first-order valence-corrected chi connectivity index (χ1v) is 6.90. The maximum atomic E-state index is 11.6. The fraction of sp³-hybridized carbons (Fsp3) is 0.300. The number of benzene rings is 1. The van der Waals surface area contributed by atoms with Gasteiger partial charge in [0.2, 0.25) is 5.91 Å². The number of halogens is 1. The molecule has 1 rings (SSSR count). The van der Waals surface area contributed by atoms with Crippen LogP contribution in [0, 0.1) is 0 Å². The summed E-state index contributed by atoms with van der Waals surface area (Å²) in [5.41, 5.74) is 0.407. The quantitative estimate of drug-likeness (QED) is 0.901. The van der Waals surface area contributed by atoms with E-state index in [1.807, 2.05) is 0 Å². The van der Waals surface area contributed by atoms with Crippen molar-refractivity contribution in [2.24, 2.45) is 0 Å². The molecule has 1 N–H and O–H groups in total. The molecule has 88 valence electrons. The Morgan fingerprint density at radius 1 is 1.38 bits per heavy atom. The van der Waals surface area contributed by atoms with Crippen LogP contribution in [0.1, 0.15) is 6.92 Å². The highest BCUT2D eigenvalue weighted by Gasteiger charge is 2.23. The molecule has 0 bridgehead atoms. The Balaban J connectivity index is 2.84. The molecule has 0 fully saturated rings. The summed E-state index contributed by atoms with van der Waals surface area (Å²) in [4.78, 5) is 11.6. The lowest BCUT2D eigenvalue weighted by Gasteiger charge is -2.11. The van der Waals surface area contributed by atoms with E-state index in [0.717, 1.165) is 6.26 Å². The zero-order valence-electron chi connectivity index (χ0n) is 8.90. The van der Waals surface area contributed by atoms with Crippen LogP contribution in [0.25, 0.3) is 0 Å². The standard InChI is InChI=1S/C10H12ClNO3S/c1-7(16(2,14)15)10(13)12-9-6-4-3-5-8(9)11/h3-7H,1-2H3,(H,12,13)/t7-/m1/s1. The third-order valence-corrected chi connectivity index (χ3v) is 3.97. The molecule has 4 nitrogen and oxygen atoms in total. The maximum absolute atomic E-state index is 11.6. The number of hydrogen-bond acceptors (Lipinski definition) is 3. The van der Waals surface area contributed by atoms with Crippen molar-refractivity contribution in [1.29, 1.82) is 0 Å². The second-order valence-corrected chi connectivity index (χ2v) is 6.21. The SMILES string of the molecule is C[C@H](C(=O)Nc1ccccc1Cl)S(C)(=O)=O. The van der Waals surface area contributed by atoms with Crippen molar-refractivity contribution in [3.8, 4) is 0 Å². The highest BCUT2D eigenvalue weighted by molar-refractivity contribution is 7.92. The summed E-state index contributed by atoms with van der Waals surface area (Å²) in [6.07, 6.45) is 1.02. The number of amides is 1. The molecular weight excluding hydrogens is 250 g/mol. The Hall–Kier alpha value is -1.07. The minimum absolute atomic E-state index is 0.372. The number of nitrogens with one attached hydrogen (secondary N) is 1. The van der Waals surface area contributed by atoms with Gasteiger partial charge in [0.05, 0.1) is 10.7 Å². The molecule has 0 spiro atoms. The van der Waals surface area contributed by atoms with E-state index in [2.05, 4.69) is 5.32 Å². The third kappa shape index (κ3) is 3.21. The third-order valence-electron chi connectivity index (χ3n) is 2.14. The molecule has 1 aromatic rings. The first-order valence-electron chi connectivity index (χ1n) is 4.56. The van der Waals surface area contributed by atoms with Gasteiger partial charge in [-0.05, 0) is 19.1 Å². The van der Waals surface area contributed by atoms with Crippen LogP contribution < -0.4 is 5.32 Å². The molecule has 16 heavy (non-hydrogen) atoms. The molecule has 0 aliphatic rings. The second-order valence-electron chi connectivity index (χ2n) is 3.44. The van der Waals surface area contributed by atoms with Gasteiger partial charge in [-0.25, -0.2) is 8.42 Å². The molecule has 0 aliphatic heterocycles. The van der Waals surface area contributed by atoms with Crippen LogP contribution in [0.3, 0.4) is 0 Å². The van der Waals surface area contributed by atoms with E-state index < -0.39 is 21.0 Å². The van der Waals surface area contributed by atoms with Crippen molar-refractivity contribution < 1.29 is 13.2 Å². The van der Waals surface area contributed by atoms with E-state index in [1.165, 1.54) is 6.92 Å². The summed E-state index contributed by atoms with van der Waals surface area (Å²) in [6.45, 7) is 1.33. The van der Waals surface area contributed by atoms with Crippen LogP contribution in [0.4, 0.5) is 5.69 Å². The fourth-order valence-corrected chi connectivity index (χ4v) is 1.62. The van der Waals surface area contributed by atoms with Crippen LogP contribution >= 0.6 is 11.6 Å². The Bertz CT molecular complexity index is 499. The van der Waals surface area contributed by atoms with Crippen molar-refractivity contribution >= 4 is 33.0 Å². The average Bonchev–Trinajstić information content (AvgIpc) is 2.19. The number of rotatable bonds is 3. The number of carbonyl (C=O) groups excluding carboxylic acids is 1. The minimum Gasteiger partial charge on any atom is -0.324 e. The number of sulfone groups is 1. The normalized spacial score (nSPS) is 13.2. The Morgan fingerprint density at radius 3 is 2.44 bits per heavy atom. The van der Waals surface area contributed by atoms with Gasteiger partial charge < -0.3 is 5.32 Å². The monoisotopic (exact) mass is 261 g/mol. The molecule has 1 amide bonds. The van der Waals surface area contributed by atoms with Gasteiger partial charge >= 0.3 is 0 Å². The number of hydrogen-bond donors (Lipinski definition) is 1. The van der Waals surface area contributed by atoms with Crippen LogP contribution in [0.2, 0.25) is 5.02 Å². The molecule has 0 radical (unpaired) electrons. The van der Waals surface area contributed by atoms with E-state index in [9.17, 15) is 13.2 Å². The van der Waals surface area contributed by atoms with E-state index in [1.54, 1.807) is 24.3 Å². The van der Waals surface area contributed by atoms with Crippen LogP contribution in [-0.4, -0.2) is 25.8 Å². The average molecular weight is 262 g/mol. The minimum atomic E-state index is -3.39. The van der Waals surface area contributed by atoms with E-state index in [4.69, 9.17) is 11.6 Å². The summed E-state index contributed by atoms with van der Waals surface area (Å²) in [5, 5.41) is 1.74. The zero-order valence-corrected chi connectivity index (χ0v) is 10.5. The predicted octanol–water partition coefficient (Wildman–Crippen LogP) is 1.71. The van der Waals surface area contributed by atoms with Crippen LogP contribution in [0.15, 0.2) is 24.3 Å². The van der Waals surface area contributed by atoms with E-state index in [0.29, 0.717) is 10.7 Å². The van der Waals surface area contributed by atoms with Crippen molar-refractivity contribution in [3.05, 3.63) is 29.3 Å². The summed E-state index contributed by atoms with van der Waals surface area (Å²) in [6, 6.07) is 6.64. The first-order chi connectivity index (χ1) is 7.32. The number of anilines is 1. The molecule has 1 aromatic carbocycles. The lowest BCUT2D eigenvalue weighted by atomic mass is 10.3. The molecule has 6 heteroatoms. The molecule has 0 heterocycles. The second kappa shape index (κ2) is 4.84. The number of carbonyl (C=O) groups is 1. The number of para-hydroxylation sites is 1. The van der Waals surface area contributed by atoms with Crippen molar-refractivity contribution in [3.63, 3.8) is 0 Å². The van der Waals surface area contributed by atoms with Crippen molar-refractivity contribution in [2.75, 3.05) is 11.6 Å². The van der Waals surface area contributed by atoms with E-state index >= 15 is 0 Å². The van der Waals surface area contributed by atoms with Crippen molar-refractivity contribution in [2.45, 2.75) is 12.2 Å². The smallest absolute Gasteiger partial charge is 0.242 e. The highest BCUT2D eigenvalue weighted by atomic mass is 35.5. The lowest BCUT2D eigenvalue weighted by Crippen LogP contribution is -2.31. The van der Waals surface area contributed by atoms with Gasteiger partial charge in [-0.15, -0.1) is 0 Å². The maximum Gasteiger partial charge on any atom is 0.242 e. The molecule has 0 saturated heterocycles. The summed E-state index contributed by atoms with van der Waals surface area (Å²) >= 11 is 5.82. The van der Waals surface area contributed by atoms with Gasteiger partial charge in [0.1, 0.15) is 5.25 Å². The largest absolute Gasteiger partial charge is 0.324 e. The van der Waals surface area contributed by atoms with E-state index in [-0.39, 0.29) is 0 Å². The molecule has 0 aromatic heterocycles. The Morgan fingerprint density at radius 2 is 1.94 bits per heavy atom. The molecule has 1 atom stereocenters. The summed E-state index contributed by atoms with van der Waals surface area (Å²) < 4.78 is 22.3. The molecular formula is C10H12ClNO3S. The lowest BCUT2D eigenvalue weighted by molar-refractivity contribution is -0.115. The fourth-order valence-electron chi connectivity index (χ4n) is 0.991. The van der Waals surface area contributed by atoms with Crippen LogP contribution in [-0.2, 0) is 14.6 Å². The van der Waals surface area contributed by atoms with Gasteiger partial charge in [0.25, 0.3) is 0 Å². The Labute approximate surface area is 99.5 Å². The van der Waals surface area contributed by atoms with Gasteiger partial charge in [0, 0.05) is 6.26 Å². The van der Waals surface area contributed by atoms with Gasteiger partial charge in [-0.1, -0.05) is 23.7 Å². The Kier molecular flexibility index (Phi) is 3.93. The molecule has 0 unspecified atom stereocenters. The predicted molar refractivity (Wildman–Crippen MR) is 64.4 cm³/mol. The van der Waals surface area contributed by atoms with Crippen molar-refractivity contribution in [1.82, 2.24) is 0 Å². The van der Waals surface area contributed by atoms with Gasteiger partial charge in [-0.3, -0.25) is 4.79 Å². The molecule has 0 saturated carbocycles. The topological polar surface area (TPSA) is 63.2 Å². The summed E-state index contributed by atoms with van der Waals surface area (Å²) in [7, 11) is -3.39. The zero-order chi connectivity index (χ0) is 12.3. The summed E-state index contributed by atoms with van der Waals surface area (Å²) in [5.74, 6) is -0.587. The first kappa shape index (κ1) is 13.0. The van der Waals surface area contributed by atoms with Crippen LogP contribution in [0.5, 0.6) is 0 Å². The van der Waals surface area contributed by atoms with Gasteiger partial charge in [-0.2, -0.15) is 0 Å². The highest BCUT2D eigenvalue weighted by Crippen LogP contribution is 2.20. The van der Waals surface area contributed by atoms with Gasteiger partial charge in [0.15, 0.2) is 9.84 Å². The molecule has 0 aliphatic carbocycles.